The van der Waals surface area contributed by atoms with Crippen LogP contribution in [0.5, 0.6) is 0 Å². The van der Waals surface area contributed by atoms with Gasteiger partial charge in [-0.2, -0.15) is 0 Å². The van der Waals surface area contributed by atoms with Crippen LogP contribution in [-0.4, -0.2) is 29.6 Å². The van der Waals surface area contributed by atoms with Crippen LogP contribution < -0.4 is 0 Å². The van der Waals surface area contributed by atoms with Crippen molar-refractivity contribution in [2.24, 2.45) is 5.92 Å². The van der Waals surface area contributed by atoms with Crippen LogP contribution in [0.1, 0.15) is 18.4 Å². The maximum absolute atomic E-state index is 11.3. The van der Waals surface area contributed by atoms with Gasteiger partial charge in [-0.3, -0.25) is 0 Å². The number of rotatable bonds is 3. The van der Waals surface area contributed by atoms with Gasteiger partial charge < -0.3 is 10.0 Å². The zero-order valence-corrected chi connectivity index (χ0v) is 15.5. The molecule has 0 amide bonds. The van der Waals surface area contributed by atoms with Crippen LogP contribution in [0, 0.1) is 5.92 Å². The van der Waals surface area contributed by atoms with Crippen LogP contribution >= 0.6 is 0 Å². The summed E-state index contributed by atoms with van der Waals surface area (Å²) in [5.41, 5.74) is 5.28. The number of piperidine rings is 3. The molecule has 0 saturated carbocycles. The highest BCUT2D eigenvalue weighted by Gasteiger charge is 2.46. The Kier molecular flexibility index (Phi) is 4.11. The summed E-state index contributed by atoms with van der Waals surface area (Å²) in [4.78, 5) is 2.40. The highest BCUT2D eigenvalue weighted by molar-refractivity contribution is 5.70. The monoisotopic (exact) mass is 355 g/mol. The zero-order valence-electron chi connectivity index (χ0n) is 15.5. The molecule has 136 valence electrons. The first-order valence-corrected chi connectivity index (χ1v) is 9.93. The van der Waals surface area contributed by atoms with Gasteiger partial charge in [-0.15, -0.1) is 0 Å². The summed E-state index contributed by atoms with van der Waals surface area (Å²) in [5.74, 6) is 0.401. The molecule has 27 heavy (non-hydrogen) atoms. The van der Waals surface area contributed by atoms with Crippen molar-refractivity contribution < 1.29 is 5.11 Å². The Labute approximate surface area is 161 Å². The fraction of sp³-hybridized carbons (Fsp3) is 0.280. The van der Waals surface area contributed by atoms with Crippen molar-refractivity contribution in [2.45, 2.75) is 18.4 Å². The first-order chi connectivity index (χ1) is 13.2. The molecule has 0 unspecified atom stereocenters. The molecule has 0 spiro atoms. The lowest BCUT2D eigenvalue weighted by Crippen LogP contribution is -2.57. The molecule has 3 aromatic rings. The fourth-order valence-electron chi connectivity index (χ4n) is 4.80. The van der Waals surface area contributed by atoms with E-state index in [0.29, 0.717) is 5.92 Å². The Morgan fingerprint density at radius 2 is 1.15 bits per heavy atom. The van der Waals surface area contributed by atoms with E-state index in [-0.39, 0.29) is 0 Å². The molecule has 0 radical (unpaired) electrons. The van der Waals surface area contributed by atoms with Gasteiger partial charge in [0.2, 0.25) is 0 Å². The Bertz CT molecular complexity index is 909. The van der Waals surface area contributed by atoms with Crippen LogP contribution in [0.3, 0.4) is 0 Å². The van der Waals surface area contributed by atoms with Crippen LogP contribution in [-0.2, 0) is 5.60 Å². The van der Waals surface area contributed by atoms with E-state index in [4.69, 9.17) is 0 Å². The van der Waals surface area contributed by atoms with Gasteiger partial charge in [0.15, 0.2) is 0 Å². The topological polar surface area (TPSA) is 23.5 Å². The molecule has 3 aliphatic rings. The van der Waals surface area contributed by atoms with Crippen molar-refractivity contribution in [3.05, 3.63) is 84.4 Å². The molecule has 2 bridgehead atoms. The molecule has 3 aromatic carbocycles. The summed E-state index contributed by atoms with van der Waals surface area (Å²) in [6.07, 6.45) is 2.22. The molecule has 1 N–H and O–H groups in total. The molecule has 3 saturated heterocycles. The third-order valence-corrected chi connectivity index (χ3v) is 6.44. The first-order valence-electron chi connectivity index (χ1n) is 9.93. The van der Waals surface area contributed by atoms with Crippen molar-refractivity contribution in [3.8, 4) is 22.3 Å². The number of nitrogens with zero attached hydrogens (tertiary/aromatic N) is 1. The summed E-state index contributed by atoms with van der Waals surface area (Å²) in [7, 11) is 0. The second-order valence-electron chi connectivity index (χ2n) is 8.00. The summed E-state index contributed by atoms with van der Waals surface area (Å²) >= 11 is 0. The van der Waals surface area contributed by atoms with E-state index < -0.39 is 5.60 Å². The van der Waals surface area contributed by atoms with E-state index in [9.17, 15) is 5.11 Å². The largest absolute Gasteiger partial charge is 0.384 e. The van der Waals surface area contributed by atoms with Gasteiger partial charge in [0.25, 0.3) is 0 Å². The van der Waals surface area contributed by atoms with Crippen LogP contribution in [0.25, 0.3) is 22.3 Å². The van der Waals surface area contributed by atoms with Crippen molar-refractivity contribution in [1.82, 2.24) is 4.90 Å². The van der Waals surface area contributed by atoms with Crippen molar-refractivity contribution in [1.29, 1.82) is 0 Å². The van der Waals surface area contributed by atoms with E-state index in [1.807, 2.05) is 6.07 Å². The van der Waals surface area contributed by atoms with E-state index in [2.05, 4.69) is 77.7 Å². The Morgan fingerprint density at radius 1 is 0.667 bits per heavy atom. The van der Waals surface area contributed by atoms with E-state index in [1.165, 1.54) is 22.3 Å². The Balaban J connectivity index is 1.39. The van der Waals surface area contributed by atoms with Gasteiger partial charge in [-0.05, 0) is 59.7 Å². The van der Waals surface area contributed by atoms with Crippen molar-refractivity contribution in [2.75, 3.05) is 19.6 Å². The molecular formula is C25H25NO. The molecule has 3 fully saturated rings. The second-order valence-corrected chi connectivity index (χ2v) is 8.00. The molecular weight excluding hydrogens is 330 g/mol. The lowest BCUT2D eigenvalue weighted by atomic mass is 9.71. The van der Waals surface area contributed by atoms with Gasteiger partial charge >= 0.3 is 0 Å². The average molecular weight is 355 g/mol. The minimum Gasteiger partial charge on any atom is -0.384 e. The minimum atomic E-state index is -0.674. The first kappa shape index (κ1) is 16.7. The SMILES string of the molecule is O[C@@]1(c2ccc(-c3ccc(-c4ccccc4)cc3)cc2)CN2CCC1CC2. The second kappa shape index (κ2) is 6.63. The van der Waals surface area contributed by atoms with Crippen molar-refractivity contribution in [3.63, 3.8) is 0 Å². The maximum atomic E-state index is 11.3. The molecule has 0 aliphatic carbocycles. The normalized spacial score (nSPS) is 26.9. The number of benzene rings is 3. The standard InChI is InChI=1S/C25H25NO/c27-25(18-26-16-14-24(25)15-17-26)23-12-10-22(11-13-23)21-8-6-20(7-9-21)19-4-2-1-3-5-19/h1-13,24,27H,14-18H2/t25-/m1/s1. The number of fused-ring (bicyclic) bond motifs is 3. The minimum absolute atomic E-state index is 0.401. The highest BCUT2D eigenvalue weighted by atomic mass is 16.3. The Morgan fingerprint density at radius 3 is 1.63 bits per heavy atom. The summed E-state index contributed by atoms with van der Waals surface area (Å²) < 4.78 is 0. The fourth-order valence-corrected chi connectivity index (χ4v) is 4.80. The van der Waals surface area contributed by atoms with Gasteiger partial charge in [-0.1, -0.05) is 78.9 Å². The van der Waals surface area contributed by atoms with Gasteiger partial charge in [-0.25, -0.2) is 0 Å². The molecule has 2 nitrogen and oxygen atoms in total. The van der Waals surface area contributed by atoms with Crippen LogP contribution in [0.2, 0.25) is 0 Å². The van der Waals surface area contributed by atoms with Gasteiger partial charge in [0, 0.05) is 6.54 Å². The molecule has 3 heterocycles. The van der Waals surface area contributed by atoms with E-state index >= 15 is 0 Å². The lowest BCUT2D eigenvalue weighted by molar-refractivity contribution is -0.117. The molecule has 2 heteroatoms. The predicted octanol–water partition coefficient (Wildman–Crippen LogP) is 4.93. The van der Waals surface area contributed by atoms with E-state index in [0.717, 1.165) is 38.0 Å². The van der Waals surface area contributed by atoms with Gasteiger partial charge in [0.05, 0.1) is 0 Å². The zero-order chi connectivity index (χ0) is 18.3. The summed E-state index contributed by atoms with van der Waals surface area (Å²) in [6, 6.07) is 27.7. The van der Waals surface area contributed by atoms with Crippen LogP contribution in [0.15, 0.2) is 78.9 Å². The lowest BCUT2D eigenvalue weighted by Gasteiger charge is -2.50. The molecule has 0 aromatic heterocycles. The molecule has 6 rings (SSSR count). The number of hydrogen-bond donors (Lipinski definition) is 1. The molecule has 3 aliphatic heterocycles. The van der Waals surface area contributed by atoms with Gasteiger partial charge in [0.1, 0.15) is 5.60 Å². The number of aliphatic hydroxyl groups is 1. The van der Waals surface area contributed by atoms with Crippen LogP contribution in [0.4, 0.5) is 0 Å². The van der Waals surface area contributed by atoms with E-state index in [1.54, 1.807) is 0 Å². The maximum Gasteiger partial charge on any atom is 0.105 e. The average Bonchev–Trinajstić information content (AvgIpc) is 2.75. The quantitative estimate of drug-likeness (QED) is 0.720. The Hall–Kier alpha value is -2.42. The third-order valence-electron chi connectivity index (χ3n) is 6.44. The predicted molar refractivity (Wildman–Crippen MR) is 110 cm³/mol. The molecule has 1 atom stereocenters. The summed E-state index contributed by atoms with van der Waals surface area (Å²) in [6.45, 7) is 3.06. The summed E-state index contributed by atoms with van der Waals surface area (Å²) in [5, 5.41) is 11.3. The smallest absolute Gasteiger partial charge is 0.105 e. The highest BCUT2D eigenvalue weighted by Crippen LogP contribution is 2.42. The van der Waals surface area contributed by atoms with Crippen molar-refractivity contribution >= 4 is 0 Å². The number of hydrogen-bond acceptors (Lipinski definition) is 2. The third kappa shape index (κ3) is 2.99.